The van der Waals surface area contributed by atoms with Crippen LogP contribution in [0.4, 0.5) is 8.78 Å². The summed E-state index contributed by atoms with van der Waals surface area (Å²) in [6, 6.07) is 17.3. The Hall–Kier alpha value is -3.63. The summed E-state index contributed by atoms with van der Waals surface area (Å²) in [7, 11) is -9.33. The van der Waals surface area contributed by atoms with Gasteiger partial charge in [0.1, 0.15) is 35.6 Å². The highest BCUT2D eigenvalue weighted by Gasteiger charge is 2.54. The lowest BCUT2D eigenvalue weighted by Gasteiger charge is -2.44. The number of aromatic nitrogens is 6. The lowest BCUT2D eigenvalue weighted by atomic mass is 9.62. The first-order chi connectivity index (χ1) is 30.7. The first-order valence-electron chi connectivity index (χ1n) is 22.1. The number of hydrogen-bond donors (Lipinski definition) is 5. The van der Waals surface area contributed by atoms with Gasteiger partial charge in [-0.25, -0.2) is 8.78 Å². The highest BCUT2D eigenvalue weighted by atomic mass is 35.5. The summed E-state index contributed by atoms with van der Waals surface area (Å²) >= 11 is 12.1. The van der Waals surface area contributed by atoms with Crippen molar-refractivity contribution < 1.29 is 48.6 Å². The van der Waals surface area contributed by atoms with Gasteiger partial charge in [0.2, 0.25) is 5.91 Å². The summed E-state index contributed by atoms with van der Waals surface area (Å²) in [5.74, 6) is 6.08. The number of amides is 1. The Morgan fingerprint density at radius 1 is 0.569 bits per heavy atom. The predicted octanol–water partition coefficient (Wildman–Crippen LogP) is 8.49. The predicted molar refractivity (Wildman–Crippen MR) is 236 cm³/mol. The van der Waals surface area contributed by atoms with Gasteiger partial charge in [0, 0.05) is 45.9 Å². The van der Waals surface area contributed by atoms with Crippen LogP contribution in [-0.2, 0) is 36.4 Å². The van der Waals surface area contributed by atoms with Gasteiger partial charge in [0.25, 0.3) is 0 Å². The van der Waals surface area contributed by atoms with E-state index in [1.54, 1.807) is 0 Å². The molecule has 0 bridgehead atoms. The number of hydrogen-bond acceptors (Lipinski definition) is 9. The van der Waals surface area contributed by atoms with Crippen LogP contribution >= 0.6 is 23.2 Å². The molecule has 1 amide bonds. The average Bonchev–Trinajstić information content (AvgIpc) is 4.00. The van der Waals surface area contributed by atoms with Gasteiger partial charge >= 0.3 is 20.8 Å². The van der Waals surface area contributed by atoms with E-state index in [1.807, 2.05) is 48.5 Å². The molecular weight excluding hydrogens is 932 g/mol. The van der Waals surface area contributed by atoms with Crippen molar-refractivity contribution in [1.29, 1.82) is 0 Å². The molecule has 16 nitrogen and oxygen atoms in total. The van der Waals surface area contributed by atoms with E-state index in [2.05, 4.69) is 34.8 Å². The minimum absolute atomic E-state index is 0.303. The number of nitrogens with one attached hydrogen (secondary N) is 1. The first kappa shape index (κ1) is 47.8. The molecular formula is C43H53Cl2F2N7O9S2. The summed E-state index contributed by atoms with van der Waals surface area (Å²) in [5.41, 5.74) is 1.58. The third-order valence-electron chi connectivity index (χ3n) is 13.0. The number of halogens is 4. The average molecular weight is 985 g/mol. The molecule has 0 saturated heterocycles. The maximum atomic E-state index is 13.9. The van der Waals surface area contributed by atoms with Crippen molar-refractivity contribution in [3.8, 4) is 0 Å². The molecule has 2 aromatic heterocycles. The van der Waals surface area contributed by atoms with Crippen molar-refractivity contribution >= 4 is 49.9 Å². The second-order valence-corrected chi connectivity index (χ2v) is 21.3. The van der Waals surface area contributed by atoms with Gasteiger partial charge in [-0.05, 0) is 138 Å². The molecule has 0 aliphatic heterocycles. The van der Waals surface area contributed by atoms with E-state index in [9.17, 15) is 13.6 Å². The summed E-state index contributed by atoms with van der Waals surface area (Å²) in [4.78, 5) is 10.9. The van der Waals surface area contributed by atoms with Crippen molar-refractivity contribution in [2.24, 2.45) is 5.92 Å². The van der Waals surface area contributed by atoms with E-state index < -0.39 is 33.1 Å². The van der Waals surface area contributed by atoms with Crippen molar-refractivity contribution in [3.63, 3.8) is 0 Å². The Kier molecular flexibility index (Phi) is 13.8. The van der Waals surface area contributed by atoms with Gasteiger partial charge in [-0.2, -0.15) is 16.8 Å². The quantitative estimate of drug-likeness (QED) is 0.0938. The monoisotopic (exact) mass is 983 g/mol. The van der Waals surface area contributed by atoms with Crippen molar-refractivity contribution in [2.75, 3.05) is 0 Å². The largest absolute Gasteiger partial charge is 0.394 e. The second kappa shape index (κ2) is 18.8. The molecule has 0 unspecified atom stereocenters. The molecule has 0 spiro atoms. The molecule has 0 atom stereocenters. The smallest absolute Gasteiger partial charge is 0.353 e. The Morgan fingerprint density at radius 2 is 0.908 bits per heavy atom. The molecule has 12 rings (SSSR count). The molecule has 8 saturated carbocycles. The van der Waals surface area contributed by atoms with Crippen LogP contribution < -0.4 is 5.32 Å². The maximum Gasteiger partial charge on any atom is 0.394 e. The maximum absolute atomic E-state index is 13.9. The van der Waals surface area contributed by atoms with Gasteiger partial charge in [-0.1, -0.05) is 47.5 Å². The molecule has 8 fully saturated rings. The van der Waals surface area contributed by atoms with Crippen molar-refractivity contribution in [1.82, 2.24) is 34.8 Å². The Labute approximate surface area is 386 Å². The molecule has 22 heteroatoms. The van der Waals surface area contributed by atoms with Crippen LogP contribution in [0.25, 0.3) is 0 Å². The van der Waals surface area contributed by atoms with Crippen LogP contribution in [0, 0.1) is 5.92 Å². The molecule has 2 heterocycles. The molecule has 2 aromatic carbocycles. The SMILES string of the molecule is FC1CC(c2ccc(Cl)cc2)(c2nnc(C3CC3)n2C2CC2)C1.FC1CC(c2ccc(Cl)cc2)(c2nnc(C3CC3)n2C2CC2)C1.O=C(NC1CC1)C1CC1.O=S(=O)(O)O.O=S(=O)(O)O. The summed E-state index contributed by atoms with van der Waals surface area (Å²) in [6.07, 6.45) is 14.8. The van der Waals surface area contributed by atoms with E-state index in [-0.39, 0.29) is 10.8 Å². The minimum atomic E-state index is -4.67. The number of rotatable bonds is 10. The fraction of sp³-hybridized carbons (Fsp3) is 0.605. The lowest BCUT2D eigenvalue weighted by molar-refractivity contribution is -0.122. The van der Waals surface area contributed by atoms with Crippen LogP contribution in [0.1, 0.15) is 161 Å². The van der Waals surface area contributed by atoms with Crippen LogP contribution in [0.15, 0.2) is 48.5 Å². The van der Waals surface area contributed by atoms with Crippen LogP contribution in [0.5, 0.6) is 0 Å². The molecule has 354 valence electrons. The lowest BCUT2D eigenvalue weighted by Crippen LogP contribution is -2.45. The van der Waals surface area contributed by atoms with E-state index in [0.717, 1.165) is 47.3 Å². The summed E-state index contributed by atoms with van der Waals surface area (Å²) < 4.78 is 95.7. The second-order valence-electron chi connectivity index (χ2n) is 18.7. The topological polar surface area (TPSA) is 240 Å². The third kappa shape index (κ3) is 12.5. The van der Waals surface area contributed by atoms with Gasteiger partial charge < -0.3 is 14.5 Å². The molecule has 5 N–H and O–H groups in total. The molecule has 8 aliphatic rings. The van der Waals surface area contributed by atoms with Gasteiger partial charge in [-0.3, -0.25) is 23.0 Å². The Morgan fingerprint density at radius 3 is 1.17 bits per heavy atom. The van der Waals surface area contributed by atoms with Gasteiger partial charge in [-0.15, -0.1) is 20.4 Å². The van der Waals surface area contributed by atoms with Crippen molar-refractivity contribution in [3.05, 3.63) is 93.0 Å². The van der Waals surface area contributed by atoms with Crippen molar-refractivity contribution in [2.45, 2.75) is 156 Å². The van der Waals surface area contributed by atoms with E-state index in [1.165, 1.54) is 64.2 Å². The normalized spacial score (nSPS) is 26.8. The highest BCUT2D eigenvalue weighted by molar-refractivity contribution is 7.80. The number of benzene rings is 2. The van der Waals surface area contributed by atoms with E-state index >= 15 is 0 Å². The van der Waals surface area contributed by atoms with Crippen LogP contribution in [0.3, 0.4) is 0 Å². The number of carbonyl (C=O) groups excluding carboxylic acids is 1. The standard InChI is InChI=1S/2C18H19ClFN3.C7H11NO.2H2O4S/c2*19-13-5-3-12(4-6-13)18(9-14(20)10-18)17-22-21-16(11-1-2-11)23(17)15-7-8-15;9-7(5-1-2-5)8-6-3-4-6;2*1-5(2,3)4/h2*3-6,11,14-15H,1-2,7-10H2;5-6H,1-4H2,(H,8,9);2*(H2,1,2,3,4). The fourth-order valence-electron chi connectivity index (χ4n) is 8.80. The summed E-state index contributed by atoms with van der Waals surface area (Å²) in [5, 5.41) is 22.6. The van der Waals surface area contributed by atoms with E-state index in [4.69, 9.17) is 58.2 Å². The Bertz CT molecular complexity index is 2370. The summed E-state index contributed by atoms with van der Waals surface area (Å²) in [6.45, 7) is 0. The van der Waals surface area contributed by atoms with Crippen LogP contribution in [0.2, 0.25) is 10.0 Å². The minimum Gasteiger partial charge on any atom is -0.353 e. The number of nitrogens with zero attached hydrogens (tertiary/aromatic N) is 6. The van der Waals surface area contributed by atoms with Crippen LogP contribution in [-0.4, -0.2) is 88.9 Å². The zero-order valence-corrected chi connectivity index (χ0v) is 38.5. The number of alkyl halides is 2. The molecule has 8 aliphatic carbocycles. The zero-order chi connectivity index (χ0) is 46.5. The first-order valence-corrected chi connectivity index (χ1v) is 25.7. The van der Waals surface area contributed by atoms with Gasteiger partial charge in [0.05, 0.1) is 10.8 Å². The highest BCUT2D eigenvalue weighted by Crippen LogP contribution is 2.55. The molecule has 65 heavy (non-hydrogen) atoms. The molecule has 4 aromatic rings. The number of carbonyl (C=O) groups is 1. The van der Waals surface area contributed by atoms with E-state index in [0.29, 0.717) is 77.5 Å². The fourth-order valence-corrected chi connectivity index (χ4v) is 9.05. The van der Waals surface area contributed by atoms with Gasteiger partial charge in [0.15, 0.2) is 0 Å². The molecule has 0 radical (unpaired) electrons. The zero-order valence-electron chi connectivity index (χ0n) is 35.4. The third-order valence-corrected chi connectivity index (χ3v) is 13.5. The Balaban J connectivity index is 0.000000128.